The fourth-order valence-corrected chi connectivity index (χ4v) is 4.52. The summed E-state index contributed by atoms with van der Waals surface area (Å²) in [6, 6.07) is 2.97. The van der Waals surface area contributed by atoms with Gasteiger partial charge in [0.1, 0.15) is 12.1 Å². The molecular formula is C18H22N4O4S2. The molecule has 0 saturated carbocycles. The fourth-order valence-electron chi connectivity index (χ4n) is 2.50. The maximum atomic E-state index is 11.8. The number of fused-ring (bicyclic) bond motifs is 2. The molecule has 0 spiro atoms. The van der Waals surface area contributed by atoms with E-state index in [-0.39, 0.29) is 11.9 Å². The monoisotopic (exact) mass is 422 g/mol. The minimum atomic E-state index is -0.472. The summed E-state index contributed by atoms with van der Waals surface area (Å²) in [6.07, 6.45) is 0. The highest BCUT2D eigenvalue weighted by Gasteiger charge is 2.18. The summed E-state index contributed by atoms with van der Waals surface area (Å²) in [5.74, 6) is -0.619. The predicted molar refractivity (Wildman–Crippen MR) is 112 cm³/mol. The van der Waals surface area contributed by atoms with Crippen LogP contribution >= 0.6 is 22.7 Å². The Morgan fingerprint density at radius 2 is 1.32 bits per heavy atom. The summed E-state index contributed by atoms with van der Waals surface area (Å²) in [5, 5.41) is 7.46. The Kier molecular flexibility index (Phi) is 6.30. The molecule has 2 heterocycles. The van der Waals surface area contributed by atoms with E-state index in [0.29, 0.717) is 23.5 Å². The number of ether oxygens (including phenoxy) is 2. The molecule has 10 heteroatoms. The van der Waals surface area contributed by atoms with Crippen molar-refractivity contribution in [1.29, 1.82) is 0 Å². The lowest BCUT2D eigenvalue weighted by Gasteiger charge is -2.10. The van der Waals surface area contributed by atoms with Crippen molar-refractivity contribution in [3.63, 3.8) is 0 Å². The Morgan fingerprint density at radius 1 is 0.893 bits per heavy atom. The molecule has 0 radical (unpaired) electrons. The van der Waals surface area contributed by atoms with E-state index in [1.54, 1.807) is 27.7 Å². The number of anilines is 2. The molecule has 2 unspecified atom stereocenters. The van der Waals surface area contributed by atoms with Gasteiger partial charge >= 0.3 is 11.9 Å². The molecule has 0 amide bonds. The van der Waals surface area contributed by atoms with Crippen LogP contribution in [-0.4, -0.2) is 47.2 Å². The maximum Gasteiger partial charge on any atom is 0.328 e. The molecule has 3 aromatic rings. The molecule has 1 aromatic carbocycles. The van der Waals surface area contributed by atoms with Crippen LogP contribution in [-0.2, 0) is 19.1 Å². The van der Waals surface area contributed by atoms with E-state index < -0.39 is 12.1 Å². The number of hydrogen-bond acceptors (Lipinski definition) is 10. The van der Waals surface area contributed by atoms with Crippen molar-refractivity contribution in [3.05, 3.63) is 12.1 Å². The topological polar surface area (TPSA) is 102 Å². The maximum absolute atomic E-state index is 11.8. The molecule has 0 aliphatic heterocycles. The van der Waals surface area contributed by atoms with Crippen molar-refractivity contribution < 1.29 is 19.1 Å². The van der Waals surface area contributed by atoms with Crippen LogP contribution in [0, 0.1) is 0 Å². The van der Waals surface area contributed by atoms with E-state index in [1.807, 2.05) is 12.1 Å². The van der Waals surface area contributed by atoms with Gasteiger partial charge in [-0.05, 0) is 39.8 Å². The van der Waals surface area contributed by atoms with E-state index in [9.17, 15) is 9.59 Å². The molecular weight excluding hydrogens is 400 g/mol. The average Bonchev–Trinajstić information content (AvgIpc) is 3.21. The smallest absolute Gasteiger partial charge is 0.328 e. The SMILES string of the molecule is CCOC(=O)C(C)Nc1nc2cc3nc(NC(C)C(=O)OCC)sc3cc2s1. The van der Waals surface area contributed by atoms with Gasteiger partial charge in [-0.25, -0.2) is 19.6 Å². The number of nitrogens with one attached hydrogen (secondary N) is 2. The van der Waals surface area contributed by atoms with Gasteiger partial charge in [0, 0.05) is 0 Å². The van der Waals surface area contributed by atoms with E-state index >= 15 is 0 Å². The van der Waals surface area contributed by atoms with Gasteiger partial charge in [-0.1, -0.05) is 22.7 Å². The number of rotatable bonds is 8. The zero-order valence-corrected chi connectivity index (χ0v) is 17.7. The third kappa shape index (κ3) is 4.50. The lowest BCUT2D eigenvalue weighted by molar-refractivity contribution is -0.144. The molecule has 150 valence electrons. The largest absolute Gasteiger partial charge is 0.464 e. The molecule has 0 aliphatic carbocycles. The van der Waals surface area contributed by atoms with Crippen molar-refractivity contribution in [2.45, 2.75) is 39.8 Å². The van der Waals surface area contributed by atoms with E-state index in [2.05, 4.69) is 20.6 Å². The van der Waals surface area contributed by atoms with Crippen LogP contribution in [0.1, 0.15) is 27.7 Å². The number of carbonyl (C=O) groups is 2. The normalized spacial score (nSPS) is 13.3. The summed E-state index contributed by atoms with van der Waals surface area (Å²) < 4.78 is 12.0. The van der Waals surface area contributed by atoms with Gasteiger partial charge in [0.25, 0.3) is 0 Å². The van der Waals surface area contributed by atoms with Crippen LogP contribution in [0.4, 0.5) is 10.3 Å². The molecule has 0 bridgehead atoms. The highest BCUT2D eigenvalue weighted by molar-refractivity contribution is 7.24. The van der Waals surface area contributed by atoms with Crippen LogP contribution < -0.4 is 10.6 Å². The molecule has 8 nitrogen and oxygen atoms in total. The second-order valence-electron chi connectivity index (χ2n) is 6.06. The van der Waals surface area contributed by atoms with Crippen LogP contribution in [0.2, 0.25) is 0 Å². The molecule has 0 fully saturated rings. The first-order valence-electron chi connectivity index (χ1n) is 8.98. The Labute approximate surface area is 170 Å². The Hall–Kier alpha value is -2.46. The Bertz CT molecular complexity index is 873. The summed E-state index contributed by atoms with van der Waals surface area (Å²) in [4.78, 5) is 32.6. The predicted octanol–water partition coefficient (Wildman–Crippen LogP) is 3.63. The summed E-state index contributed by atoms with van der Waals surface area (Å²) in [6.45, 7) is 7.73. The molecule has 2 N–H and O–H groups in total. The highest BCUT2D eigenvalue weighted by atomic mass is 32.1. The second-order valence-corrected chi connectivity index (χ2v) is 8.12. The van der Waals surface area contributed by atoms with E-state index in [1.165, 1.54) is 22.7 Å². The van der Waals surface area contributed by atoms with Gasteiger partial charge in [0.15, 0.2) is 10.3 Å². The number of aromatic nitrogens is 2. The highest BCUT2D eigenvalue weighted by Crippen LogP contribution is 2.34. The van der Waals surface area contributed by atoms with Crippen molar-refractivity contribution in [2.24, 2.45) is 0 Å². The first kappa shape index (κ1) is 20.3. The van der Waals surface area contributed by atoms with Gasteiger partial charge in [-0.15, -0.1) is 0 Å². The number of carbonyl (C=O) groups excluding carboxylic acids is 2. The van der Waals surface area contributed by atoms with Gasteiger partial charge in [-0.2, -0.15) is 0 Å². The fraction of sp³-hybridized carbons (Fsp3) is 0.444. The van der Waals surface area contributed by atoms with Crippen LogP contribution in [0.25, 0.3) is 20.4 Å². The van der Waals surface area contributed by atoms with Crippen molar-refractivity contribution >= 4 is 65.3 Å². The third-order valence-electron chi connectivity index (χ3n) is 3.86. The minimum absolute atomic E-state index is 0.309. The Balaban J connectivity index is 1.77. The van der Waals surface area contributed by atoms with Crippen LogP contribution in [0.5, 0.6) is 0 Å². The van der Waals surface area contributed by atoms with Gasteiger partial charge < -0.3 is 20.1 Å². The quantitative estimate of drug-likeness (QED) is 0.531. The zero-order valence-electron chi connectivity index (χ0n) is 16.1. The molecule has 2 aromatic heterocycles. The van der Waals surface area contributed by atoms with Crippen molar-refractivity contribution in [2.75, 3.05) is 23.8 Å². The summed E-state index contributed by atoms with van der Waals surface area (Å²) >= 11 is 2.93. The number of benzene rings is 1. The number of hydrogen-bond donors (Lipinski definition) is 2. The Morgan fingerprint density at radius 3 is 1.71 bits per heavy atom. The molecule has 28 heavy (non-hydrogen) atoms. The third-order valence-corrected chi connectivity index (χ3v) is 5.76. The summed E-state index contributed by atoms with van der Waals surface area (Å²) in [5.41, 5.74) is 1.60. The van der Waals surface area contributed by atoms with E-state index in [0.717, 1.165) is 20.4 Å². The minimum Gasteiger partial charge on any atom is -0.464 e. The van der Waals surface area contributed by atoms with Crippen molar-refractivity contribution in [3.8, 4) is 0 Å². The number of thiazole rings is 2. The number of nitrogens with zero attached hydrogens (tertiary/aromatic N) is 2. The van der Waals surface area contributed by atoms with Gasteiger partial charge in [-0.3, -0.25) is 0 Å². The van der Waals surface area contributed by atoms with Gasteiger partial charge in [0.05, 0.1) is 33.6 Å². The first-order chi connectivity index (χ1) is 13.4. The average molecular weight is 423 g/mol. The van der Waals surface area contributed by atoms with Crippen molar-refractivity contribution in [1.82, 2.24) is 9.97 Å². The summed E-state index contributed by atoms with van der Waals surface area (Å²) in [7, 11) is 0. The zero-order chi connectivity index (χ0) is 20.3. The molecule has 2 atom stereocenters. The van der Waals surface area contributed by atoms with E-state index in [4.69, 9.17) is 9.47 Å². The second kappa shape index (κ2) is 8.70. The van der Waals surface area contributed by atoms with Crippen LogP contribution in [0.15, 0.2) is 12.1 Å². The molecule has 0 saturated heterocycles. The molecule has 0 aliphatic rings. The van der Waals surface area contributed by atoms with Crippen LogP contribution in [0.3, 0.4) is 0 Å². The standard InChI is InChI=1S/C18H22N4O4S2/c1-5-25-15(23)9(3)19-17-21-11-7-12-14(8-13(11)27-17)28-18(22-12)20-10(4)16(24)26-6-2/h7-10H,5-6H2,1-4H3,(H,19,21)(H,20,22). The lowest BCUT2D eigenvalue weighted by atomic mass is 10.3. The first-order valence-corrected chi connectivity index (χ1v) is 10.6. The molecule has 3 rings (SSSR count). The number of esters is 2. The van der Waals surface area contributed by atoms with Gasteiger partial charge in [0.2, 0.25) is 0 Å². The lowest BCUT2D eigenvalue weighted by Crippen LogP contribution is -2.28.